The molecule has 2 N–H and O–H groups in total. The van der Waals surface area contributed by atoms with E-state index >= 15 is 0 Å². The molecule has 1 aromatic rings. The van der Waals surface area contributed by atoms with E-state index < -0.39 is 17.9 Å². The van der Waals surface area contributed by atoms with Crippen molar-refractivity contribution < 1.29 is 19.5 Å². The Morgan fingerprint density at radius 1 is 1.13 bits per heavy atom. The van der Waals surface area contributed by atoms with Gasteiger partial charge < -0.3 is 15.3 Å². The van der Waals surface area contributed by atoms with Crippen molar-refractivity contribution in [3.63, 3.8) is 0 Å². The summed E-state index contributed by atoms with van der Waals surface area (Å²) in [6, 6.07) is 5.26. The van der Waals surface area contributed by atoms with E-state index in [1.165, 1.54) is 26.1 Å². The Bertz CT molecular complexity index is 588. The molecule has 0 fully saturated rings. The zero-order valence-electron chi connectivity index (χ0n) is 14.2. The molecule has 0 radical (unpaired) electrons. The number of carbonyl (C=O) groups is 3. The summed E-state index contributed by atoms with van der Waals surface area (Å²) in [6.45, 7) is 8.05. The van der Waals surface area contributed by atoms with Crippen molar-refractivity contribution in [2.75, 3.05) is 13.6 Å². The number of carbonyl (C=O) groups excluding carboxylic acids is 2. The lowest BCUT2D eigenvalue weighted by molar-refractivity contribution is -0.141. The van der Waals surface area contributed by atoms with Gasteiger partial charge in [0.05, 0.1) is 0 Å². The summed E-state index contributed by atoms with van der Waals surface area (Å²) in [5.41, 5.74) is 0.786. The Kier molecular flexibility index (Phi) is 5.90. The largest absolute Gasteiger partial charge is 0.480 e. The SMILES string of the molecule is CC(C(=O)O)N(C)C(=O)c1ccc(C(=O)NCC(C)(C)C)cc1. The molecule has 0 saturated carbocycles. The van der Waals surface area contributed by atoms with E-state index in [-0.39, 0.29) is 11.3 Å². The number of carboxylic acids is 1. The van der Waals surface area contributed by atoms with E-state index in [9.17, 15) is 14.4 Å². The summed E-state index contributed by atoms with van der Waals surface area (Å²) >= 11 is 0. The molecule has 126 valence electrons. The van der Waals surface area contributed by atoms with Crippen molar-refractivity contribution >= 4 is 17.8 Å². The Hall–Kier alpha value is -2.37. The minimum absolute atomic E-state index is 0.0126. The van der Waals surface area contributed by atoms with E-state index in [0.717, 1.165) is 4.90 Å². The second-order valence-corrected chi connectivity index (χ2v) is 6.75. The fourth-order valence-electron chi connectivity index (χ4n) is 1.76. The fraction of sp³-hybridized carbons (Fsp3) is 0.471. The van der Waals surface area contributed by atoms with Crippen molar-refractivity contribution in [2.45, 2.75) is 33.7 Å². The molecule has 1 rings (SSSR count). The number of carboxylic acid groups (broad SMARTS) is 1. The maximum atomic E-state index is 12.2. The topological polar surface area (TPSA) is 86.7 Å². The number of amides is 2. The third kappa shape index (κ3) is 5.39. The maximum Gasteiger partial charge on any atom is 0.326 e. The van der Waals surface area contributed by atoms with Crippen LogP contribution in [0.4, 0.5) is 0 Å². The quantitative estimate of drug-likeness (QED) is 0.869. The minimum atomic E-state index is -1.07. The number of rotatable bonds is 5. The summed E-state index contributed by atoms with van der Waals surface area (Å²) in [7, 11) is 1.44. The summed E-state index contributed by atoms with van der Waals surface area (Å²) in [5.74, 6) is -1.67. The third-order valence-electron chi connectivity index (χ3n) is 3.43. The van der Waals surface area contributed by atoms with Crippen molar-refractivity contribution in [1.82, 2.24) is 10.2 Å². The van der Waals surface area contributed by atoms with Gasteiger partial charge in [-0.15, -0.1) is 0 Å². The van der Waals surface area contributed by atoms with Crippen molar-refractivity contribution in [2.24, 2.45) is 5.41 Å². The number of nitrogens with zero attached hydrogens (tertiary/aromatic N) is 1. The number of aliphatic carboxylic acids is 1. The molecule has 6 nitrogen and oxygen atoms in total. The minimum Gasteiger partial charge on any atom is -0.480 e. The first-order chi connectivity index (χ1) is 10.5. The van der Waals surface area contributed by atoms with Gasteiger partial charge >= 0.3 is 5.97 Å². The van der Waals surface area contributed by atoms with E-state index in [2.05, 4.69) is 5.32 Å². The number of benzene rings is 1. The van der Waals surface area contributed by atoms with Crippen LogP contribution in [-0.4, -0.2) is 47.4 Å². The van der Waals surface area contributed by atoms with Crippen LogP contribution < -0.4 is 5.32 Å². The van der Waals surface area contributed by atoms with E-state index in [1.807, 2.05) is 20.8 Å². The third-order valence-corrected chi connectivity index (χ3v) is 3.43. The summed E-state index contributed by atoms with van der Waals surface area (Å²) in [5, 5.41) is 11.8. The van der Waals surface area contributed by atoms with Crippen LogP contribution in [0.3, 0.4) is 0 Å². The molecule has 6 heteroatoms. The second-order valence-electron chi connectivity index (χ2n) is 6.75. The molecular weight excluding hydrogens is 296 g/mol. The summed E-state index contributed by atoms with van der Waals surface area (Å²) in [6.07, 6.45) is 0. The predicted molar refractivity (Wildman–Crippen MR) is 87.4 cm³/mol. The molecule has 0 aromatic heterocycles. The van der Waals surface area contributed by atoms with Gasteiger partial charge in [0.15, 0.2) is 0 Å². The highest BCUT2D eigenvalue weighted by molar-refractivity contribution is 5.98. The number of nitrogens with one attached hydrogen (secondary N) is 1. The molecule has 2 amide bonds. The Morgan fingerprint density at radius 2 is 1.61 bits per heavy atom. The van der Waals surface area contributed by atoms with Gasteiger partial charge in [0.25, 0.3) is 11.8 Å². The summed E-state index contributed by atoms with van der Waals surface area (Å²) < 4.78 is 0. The molecule has 0 saturated heterocycles. The zero-order valence-corrected chi connectivity index (χ0v) is 14.2. The molecular formula is C17H24N2O4. The highest BCUT2D eigenvalue weighted by atomic mass is 16.4. The lowest BCUT2D eigenvalue weighted by atomic mass is 9.97. The summed E-state index contributed by atoms with van der Waals surface area (Å²) in [4.78, 5) is 36.3. The number of likely N-dealkylation sites (N-methyl/N-ethyl adjacent to an activating group) is 1. The molecule has 23 heavy (non-hydrogen) atoms. The number of hydrogen-bond acceptors (Lipinski definition) is 3. The standard InChI is InChI=1S/C17H24N2O4/c1-11(16(22)23)19(5)15(21)13-8-6-12(7-9-13)14(20)18-10-17(2,3)4/h6-9,11H,10H2,1-5H3,(H,18,20)(H,22,23). The van der Waals surface area contributed by atoms with Gasteiger partial charge in [-0.05, 0) is 36.6 Å². The lowest BCUT2D eigenvalue weighted by Gasteiger charge is -2.21. The molecule has 1 aromatic carbocycles. The normalized spacial score (nSPS) is 12.4. The lowest BCUT2D eigenvalue weighted by Crippen LogP contribution is -2.40. The van der Waals surface area contributed by atoms with Gasteiger partial charge in [-0.3, -0.25) is 9.59 Å². The van der Waals surface area contributed by atoms with Crippen molar-refractivity contribution in [3.8, 4) is 0 Å². The smallest absolute Gasteiger partial charge is 0.326 e. The van der Waals surface area contributed by atoms with Crippen LogP contribution in [0.5, 0.6) is 0 Å². The van der Waals surface area contributed by atoms with Crippen LogP contribution in [0, 0.1) is 5.41 Å². The van der Waals surface area contributed by atoms with Crippen LogP contribution in [0.1, 0.15) is 48.4 Å². The Labute approximate surface area is 136 Å². The van der Waals surface area contributed by atoms with Crippen LogP contribution >= 0.6 is 0 Å². The second kappa shape index (κ2) is 7.26. The van der Waals surface area contributed by atoms with Gasteiger partial charge in [0, 0.05) is 24.7 Å². The van der Waals surface area contributed by atoms with Crippen LogP contribution in [0.25, 0.3) is 0 Å². The first-order valence-electron chi connectivity index (χ1n) is 7.41. The number of hydrogen-bond donors (Lipinski definition) is 2. The highest BCUT2D eigenvalue weighted by Crippen LogP contribution is 2.12. The Balaban J connectivity index is 2.78. The zero-order chi connectivity index (χ0) is 17.8. The first-order valence-corrected chi connectivity index (χ1v) is 7.41. The van der Waals surface area contributed by atoms with Gasteiger partial charge in [-0.2, -0.15) is 0 Å². The average Bonchev–Trinajstić information content (AvgIpc) is 2.49. The Morgan fingerprint density at radius 3 is 2.04 bits per heavy atom. The molecule has 0 bridgehead atoms. The monoisotopic (exact) mass is 320 g/mol. The highest BCUT2D eigenvalue weighted by Gasteiger charge is 2.23. The van der Waals surface area contributed by atoms with Gasteiger partial charge in [0.2, 0.25) is 0 Å². The van der Waals surface area contributed by atoms with Crippen molar-refractivity contribution in [3.05, 3.63) is 35.4 Å². The molecule has 1 unspecified atom stereocenters. The molecule has 0 spiro atoms. The van der Waals surface area contributed by atoms with Gasteiger partial charge in [0.1, 0.15) is 6.04 Å². The molecule has 0 aliphatic heterocycles. The van der Waals surface area contributed by atoms with Crippen LogP contribution in [-0.2, 0) is 4.79 Å². The van der Waals surface area contributed by atoms with Gasteiger partial charge in [-0.25, -0.2) is 4.79 Å². The fourth-order valence-corrected chi connectivity index (χ4v) is 1.76. The molecule has 0 heterocycles. The van der Waals surface area contributed by atoms with Crippen molar-refractivity contribution in [1.29, 1.82) is 0 Å². The van der Waals surface area contributed by atoms with E-state index in [0.29, 0.717) is 17.7 Å². The molecule has 1 atom stereocenters. The van der Waals surface area contributed by atoms with Crippen LogP contribution in [0.2, 0.25) is 0 Å². The maximum absolute atomic E-state index is 12.2. The molecule has 0 aliphatic rings. The molecule has 0 aliphatic carbocycles. The average molecular weight is 320 g/mol. The predicted octanol–water partition coefficient (Wildman–Crippen LogP) is 2.01. The van der Waals surface area contributed by atoms with Crippen LogP contribution in [0.15, 0.2) is 24.3 Å². The van der Waals surface area contributed by atoms with Gasteiger partial charge in [-0.1, -0.05) is 20.8 Å². The van der Waals surface area contributed by atoms with E-state index in [1.54, 1.807) is 12.1 Å². The first kappa shape index (κ1) is 18.7. The van der Waals surface area contributed by atoms with E-state index in [4.69, 9.17) is 5.11 Å².